The molecule has 1 aliphatic rings. The fourth-order valence-electron chi connectivity index (χ4n) is 4.92. The molecule has 1 N–H and O–H groups in total. The second kappa shape index (κ2) is 8.95. The molecular weight excluding hydrogens is 479 g/mol. The Balaban J connectivity index is 1.62. The van der Waals surface area contributed by atoms with Crippen LogP contribution in [0.3, 0.4) is 0 Å². The van der Waals surface area contributed by atoms with Crippen LogP contribution >= 0.6 is 23.8 Å². The molecule has 4 nitrogen and oxygen atoms in total. The number of hydrogen-bond acceptors (Lipinski definition) is 2. The highest BCUT2D eigenvalue weighted by atomic mass is 35.5. The van der Waals surface area contributed by atoms with Crippen molar-refractivity contribution in [2.45, 2.75) is 25.8 Å². The van der Waals surface area contributed by atoms with E-state index in [0.717, 1.165) is 59.7 Å². The molecule has 0 saturated heterocycles. The van der Waals surface area contributed by atoms with Gasteiger partial charge in [0.15, 0.2) is 5.82 Å². The smallest absolute Gasteiger partial charge is 0.162 e. The largest absolute Gasteiger partial charge is 0.342 e. The minimum Gasteiger partial charge on any atom is -0.342 e. The van der Waals surface area contributed by atoms with Gasteiger partial charge in [-0.3, -0.25) is 0 Å². The molecule has 0 atom stereocenters. The molecule has 6 rings (SSSR count). The van der Waals surface area contributed by atoms with E-state index in [0.29, 0.717) is 15.7 Å². The zero-order chi connectivity index (χ0) is 23.9. The summed E-state index contributed by atoms with van der Waals surface area (Å²) in [6.45, 7) is 0.873. The summed E-state index contributed by atoms with van der Waals surface area (Å²) in [5, 5.41) is 8.89. The number of halogens is 2. The lowest BCUT2D eigenvalue weighted by atomic mass is 9.98. The lowest BCUT2D eigenvalue weighted by Crippen LogP contribution is -2.15. The van der Waals surface area contributed by atoms with E-state index in [4.69, 9.17) is 28.9 Å². The number of aromatic nitrogens is 3. The highest BCUT2D eigenvalue weighted by Gasteiger charge is 2.29. The molecule has 174 valence electrons. The molecule has 5 aromatic rings. The highest BCUT2D eigenvalue weighted by molar-refractivity contribution is 7.81. The summed E-state index contributed by atoms with van der Waals surface area (Å²) < 4.78 is 18.8. The van der Waals surface area contributed by atoms with Crippen LogP contribution in [0.25, 0.3) is 28.2 Å². The topological polar surface area (TPSA) is 34.3 Å². The Morgan fingerprint density at radius 2 is 1.66 bits per heavy atom. The van der Waals surface area contributed by atoms with E-state index in [2.05, 4.69) is 22.0 Å². The highest BCUT2D eigenvalue weighted by Crippen LogP contribution is 2.39. The molecule has 2 aromatic heterocycles. The van der Waals surface area contributed by atoms with E-state index in [1.165, 1.54) is 11.6 Å². The van der Waals surface area contributed by atoms with E-state index in [1.54, 1.807) is 18.2 Å². The Morgan fingerprint density at radius 3 is 2.43 bits per heavy atom. The Kier molecular flexibility index (Phi) is 5.63. The van der Waals surface area contributed by atoms with Gasteiger partial charge in [-0.05, 0) is 49.1 Å². The van der Waals surface area contributed by atoms with Crippen molar-refractivity contribution >= 4 is 40.1 Å². The fraction of sp³-hybridized carbons (Fsp3) is 0.143. The first-order valence-corrected chi connectivity index (χ1v) is 12.4. The Bertz CT molecular complexity index is 1550. The Morgan fingerprint density at radius 1 is 0.914 bits per heavy atom. The summed E-state index contributed by atoms with van der Waals surface area (Å²) in [4.78, 5) is 0.422. The molecule has 3 aromatic carbocycles. The monoisotopic (exact) mass is 500 g/mol. The Hall–Kier alpha value is -3.48. The van der Waals surface area contributed by atoms with Gasteiger partial charge in [0.2, 0.25) is 0 Å². The number of nitrogens with zero attached hydrogens (tertiary/aromatic N) is 3. The molecule has 7 heteroatoms. The number of nitrogens with one attached hydrogen (secondary N) is 1. The van der Waals surface area contributed by atoms with Crippen LogP contribution < -0.4 is 5.32 Å². The van der Waals surface area contributed by atoms with Crippen molar-refractivity contribution in [1.82, 2.24) is 14.2 Å². The van der Waals surface area contributed by atoms with E-state index in [-0.39, 0.29) is 5.82 Å². The van der Waals surface area contributed by atoms with Crippen molar-refractivity contribution in [2.24, 2.45) is 0 Å². The number of anilines is 1. The molecule has 0 unspecified atom stereocenters. The minimum absolute atomic E-state index is 0.339. The first-order valence-electron chi connectivity index (χ1n) is 11.6. The predicted octanol–water partition coefficient (Wildman–Crippen LogP) is 7.39. The average molecular weight is 501 g/mol. The Labute approximate surface area is 213 Å². The predicted molar refractivity (Wildman–Crippen MR) is 144 cm³/mol. The average Bonchev–Trinajstić information content (AvgIpc) is 3.29. The number of rotatable bonds is 4. The number of aryl methyl sites for hydroxylation is 2. The quantitative estimate of drug-likeness (QED) is 0.261. The maximum atomic E-state index is 14.5. The summed E-state index contributed by atoms with van der Waals surface area (Å²) in [5.74, 6) is 0.550. The molecule has 0 amide bonds. The van der Waals surface area contributed by atoms with E-state index in [1.807, 2.05) is 47.0 Å². The van der Waals surface area contributed by atoms with Crippen LogP contribution in [0.5, 0.6) is 0 Å². The van der Waals surface area contributed by atoms with Crippen molar-refractivity contribution in [3.05, 3.63) is 101 Å². The van der Waals surface area contributed by atoms with Gasteiger partial charge >= 0.3 is 0 Å². The van der Waals surface area contributed by atoms with Gasteiger partial charge in [0.05, 0.1) is 5.69 Å². The lowest BCUT2D eigenvalue weighted by molar-refractivity contribution is 0.632. The number of hydrogen-bond donors (Lipinski definition) is 1. The van der Waals surface area contributed by atoms with Crippen LogP contribution in [-0.4, -0.2) is 19.2 Å². The summed E-state index contributed by atoms with van der Waals surface area (Å²) in [5.41, 5.74) is 6.42. The minimum atomic E-state index is -0.354. The van der Waals surface area contributed by atoms with Gasteiger partial charge in [0.25, 0.3) is 0 Å². The van der Waals surface area contributed by atoms with Gasteiger partial charge < -0.3 is 9.88 Å². The molecular formula is C28H22ClFN4S. The molecule has 0 bridgehead atoms. The molecule has 35 heavy (non-hydrogen) atoms. The molecule has 0 aliphatic carbocycles. The summed E-state index contributed by atoms with van der Waals surface area (Å²) in [6.07, 6.45) is 3.03. The van der Waals surface area contributed by atoms with Crippen LogP contribution in [0, 0.1) is 5.82 Å². The summed E-state index contributed by atoms with van der Waals surface area (Å²) in [6, 6.07) is 24.5. The van der Waals surface area contributed by atoms with Gasteiger partial charge in [-0.1, -0.05) is 78.4 Å². The van der Waals surface area contributed by atoms with E-state index < -0.39 is 0 Å². The second-order valence-corrected chi connectivity index (χ2v) is 9.52. The van der Waals surface area contributed by atoms with Crippen LogP contribution in [0.4, 0.5) is 10.1 Å². The SMILES string of the molecule is Fc1ccccc1NC(=S)c1c(-c2ccc(Cl)cc2)c2c3n(c(-c4ccccc4)nn13)CCCC2. The van der Waals surface area contributed by atoms with Gasteiger partial charge in [0.1, 0.15) is 22.1 Å². The maximum Gasteiger partial charge on any atom is 0.162 e. The standard InChI is InChI=1S/C28H22ClFN4S/c29-20-15-13-18(14-16-20)24-21-10-6-7-17-33-26(19-8-2-1-3-9-19)32-34(28(21)33)25(24)27(35)31-23-12-5-4-11-22(23)30/h1-5,8-9,11-16H,6-7,10,17H2,(H,31,35). The summed E-state index contributed by atoms with van der Waals surface area (Å²) >= 11 is 12.1. The zero-order valence-corrected chi connectivity index (χ0v) is 20.4. The summed E-state index contributed by atoms with van der Waals surface area (Å²) in [7, 11) is 0. The first kappa shape index (κ1) is 22.0. The van der Waals surface area contributed by atoms with Gasteiger partial charge in [-0.15, -0.1) is 5.10 Å². The van der Waals surface area contributed by atoms with E-state index >= 15 is 0 Å². The molecule has 0 saturated carbocycles. The third-order valence-electron chi connectivity index (χ3n) is 6.49. The maximum absolute atomic E-state index is 14.5. The zero-order valence-electron chi connectivity index (χ0n) is 18.8. The lowest BCUT2D eigenvalue weighted by Gasteiger charge is -2.12. The van der Waals surface area contributed by atoms with Crippen LogP contribution in [-0.2, 0) is 13.0 Å². The fourth-order valence-corrected chi connectivity index (χ4v) is 5.34. The normalized spacial score (nSPS) is 13.1. The second-order valence-electron chi connectivity index (χ2n) is 8.68. The van der Waals surface area contributed by atoms with Gasteiger partial charge in [-0.25, -0.2) is 8.91 Å². The van der Waals surface area contributed by atoms with Gasteiger partial charge in [-0.2, -0.15) is 0 Å². The number of benzene rings is 3. The van der Waals surface area contributed by atoms with Crippen molar-refractivity contribution in [2.75, 3.05) is 5.32 Å². The van der Waals surface area contributed by atoms with E-state index in [9.17, 15) is 4.39 Å². The van der Waals surface area contributed by atoms with Crippen LogP contribution in [0.2, 0.25) is 5.02 Å². The van der Waals surface area contributed by atoms with Crippen molar-refractivity contribution in [3.8, 4) is 22.5 Å². The number of para-hydroxylation sites is 1. The first-order chi connectivity index (χ1) is 17.1. The molecule has 0 fully saturated rings. The molecule has 3 heterocycles. The van der Waals surface area contributed by atoms with Crippen molar-refractivity contribution in [3.63, 3.8) is 0 Å². The van der Waals surface area contributed by atoms with Crippen LogP contribution in [0.15, 0.2) is 78.9 Å². The molecule has 0 radical (unpaired) electrons. The van der Waals surface area contributed by atoms with Crippen molar-refractivity contribution in [1.29, 1.82) is 0 Å². The van der Waals surface area contributed by atoms with Crippen molar-refractivity contribution < 1.29 is 4.39 Å². The molecule has 0 spiro atoms. The third-order valence-corrected chi connectivity index (χ3v) is 7.03. The third kappa shape index (κ3) is 3.83. The van der Waals surface area contributed by atoms with Crippen LogP contribution in [0.1, 0.15) is 24.1 Å². The molecule has 1 aliphatic heterocycles. The van der Waals surface area contributed by atoms with Gasteiger partial charge in [0, 0.05) is 28.3 Å². The number of thiocarbonyl (C=S) groups is 1.